The SMILES string of the molecule is N#Cc1cnc(C2CC2)nc1N1CCC(O)(c2cccc(C(F)(F)F)c2)CC1. The van der Waals surface area contributed by atoms with Crippen molar-refractivity contribution >= 4 is 5.82 Å². The lowest BCUT2D eigenvalue weighted by Crippen LogP contribution is -2.43. The molecule has 2 aliphatic rings. The van der Waals surface area contributed by atoms with E-state index < -0.39 is 17.3 Å². The maximum atomic E-state index is 13.0. The molecule has 0 unspecified atom stereocenters. The molecule has 0 amide bonds. The summed E-state index contributed by atoms with van der Waals surface area (Å²) in [5, 5.41) is 20.4. The van der Waals surface area contributed by atoms with Crippen LogP contribution in [0.15, 0.2) is 30.5 Å². The van der Waals surface area contributed by atoms with Crippen molar-refractivity contribution in [1.29, 1.82) is 5.26 Å². The quantitative estimate of drug-likeness (QED) is 0.867. The van der Waals surface area contributed by atoms with Crippen molar-refractivity contribution in [1.82, 2.24) is 9.97 Å². The van der Waals surface area contributed by atoms with Crippen LogP contribution in [0.2, 0.25) is 0 Å². The number of piperidine rings is 1. The first-order valence-electron chi connectivity index (χ1n) is 9.22. The average molecular weight is 388 g/mol. The van der Waals surface area contributed by atoms with E-state index in [-0.39, 0.29) is 18.4 Å². The Morgan fingerprint density at radius 2 is 1.93 bits per heavy atom. The first-order chi connectivity index (χ1) is 13.3. The highest BCUT2D eigenvalue weighted by atomic mass is 19.4. The molecule has 0 spiro atoms. The van der Waals surface area contributed by atoms with Crippen molar-refractivity contribution in [2.75, 3.05) is 18.0 Å². The van der Waals surface area contributed by atoms with E-state index in [9.17, 15) is 23.5 Å². The van der Waals surface area contributed by atoms with Crippen molar-refractivity contribution in [2.24, 2.45) is 0 Å². The van der Waals surface area contributed by atoms with Crippen LogP contribution >= 0.6 is 0 Å². The van der Waals surface area contributed by atoms with Gasteiger partial charge in [0.15, 0.2) is 0 Å². The van der Waals surface area contributed by atoms with Gasteiger partial charge >= 0.3 is 6.18 Å². The predicted molar refractivity (Wildman–Crippen MR) is 95.5 cm³/mol. The van der Waals surface area contributed by atoms with E-state index >= 15 is 0 Å². The average Bonchev–Trinajstić information content (AvgIpc) is 3.53. The molecule has 2 heterocycles. The maximum absolute atomic E-state index is 13.0. The zero-order valence-electron chi connectivity index (χ0n) is 15.1. The van der Waals surface area contributed by atoms with E-state index in [1.807, 2.05) is 4.90 Å². The van der Waals surface area contributed by atoms with Gasteiger partial charge in [0.2, 0.25) is 0 Å². The number of halogens is 3. The zero-order valence-corrected chi connectivity index (χ0v) is 15.1. The molecule has 1 saturated carbocycles. The van der Waals surface area contributed by atoms with Gasteiger partial charge in [0, 0.05) is 19.0 Å². The fourth-order valence-corrected chi connectivity index (χ4v) is 3.61. The lowest BCUT2D eigenvalue weighted by molar-refractivity contribution is -0.137. The summed E-state index contributed by atoms with van der Waals surface area (Å²) in [5.74, 6) is 1.62. The van der Waals surface area contributed by atoms with Crippen LogP contribution in [-0.4, -0.2) is 28.2 Å². The molecule has 0 radical (unpaired) electrons. The monoisotopic (exact) mass is 388 g/mol. The molecule has 0 bridgehead atoms. The predicted octanol–water partition coefficient (Wildman–Crippen LogP) is 3.73. The number of anilines is 1. The number of nitriles is 1. The lowest BCUT2D eigenvalue weighted by Gasteiger charge is -2.39. The van der Waals surface area contributed by atoms with Crippen LogP contribution in [0.1, 0.15) is 54.1 Å². The van der Waals surface area contributed by atoms with Gasteiger partial charge in [-0.05, 0) is 43.4 Å². The van der Waals surface area contributed by atoms with Gasteiger partial charge in [-0.2, -0.15) is 18.4 Å². The van der Waals surface area contributed by atoms with Gasteiger partial charge in [-0.15, -0.1) is 0 Å². The van der Waals surface area contributed by atoms with E-state index in [4.69, 9.17) is 0 Å². The largest absolute Gasteiger partial charge is 0.416 e. The van der Waals surface area contributed by atoms with Crippen molar-refractivity contribution in [3.05, 3.63) is 53.0 Å². The first-order valence-corrected chi connectivity index (χ1v) is 9.22. The minimum Gasteiger partial charge on any atom is -0.385 e. The molecule has 1 N–H and O–H groups in total. The van der Waals surface area contributed by atoms with Crippen LogP contribution < -0.4 is 4.90 Å². The number of aliphatic hydroxyl groups is 1. The maximum Gasteiger partial charge on any atom is 0.416 e. The lowest BCUT2D eigenvalue weighted by atomic mass is 9.83. The molecular weight excluding hydrogens is 369 g/mol. The Labute approximate surface area is 160 Å². The van der Waals surface area contributed by atoms with Crippen LogP contribution in [-0.2, 0) is 11.8 Å². The summed E-state index contributed by atoms with van der Waals surface area (Å²) in [6, 6.07) is 6.97. The minimum atomic E-state index is -4.45. The summed E-state index contributed by atoms with van der Waals surface area (Å²) in [6.07, 6.45) is -0.330. The number of aromatic nitrogens is 2. The third-order valence-corrected chi connectivity index (χ3v) is 5.47. The summed E-state index contributed by atoms with van der Waals surface area (Å²) in [4.78, 5) is 10.7. The Hall–Kier alpha value is -2.66. The van der Waals surface area contributed by atoms with Crippen LogP contribution in [0.25, 0.3) is 0 Å². The Kier molecular flexibility index (Phi) is 4.50. The third-order valence-electron chi connectivity index (χ3n) is 5.47. The molecule has 1 aromatic heterocycles. The molecule has 0 atom stereocenters. The molecule has 2 aromatic rings. The number of hydrogen-bond acceptors (Lipinski definition) is 5. The van der Waals surface area contributed by atoms with Gasteiger partial charge < -0.3 is 10.0 Å². The molecular formula is C20H19F3N4O. The van der Waals surface area contributed by atoms with Crippen molar-refractivity contribution in [3.63, 3.8) is 0 Å². The highest BCUT2D eigenvalue weighted by Gasteiger charge is 2.38. The number of rotatable bonds is 3. The fourth-order valence-electron chi connectivity index (χ4n) is 3.61. The molecule has 1 aliphatic carbocycles. The molecule has 1 aromatic carbocycles. The normalized spacial score (nSPS) is 19.3. The summed E-state index contributed by atoms with van der Waals surface area (Å²) in [6.45, 7) is 0.783. The van der Waals surface area contributed by atoms with Gasteiger partial charge in [-0.1, -0.05) is 12.1 Å². The van der Waals surface area contributed by atoms with E-state index in [0.29, 0.717) is 30.4 Å². The minimum absolute atomic E-state index is 0.252. The molecule has 1 saturated heterocycles. The van der Waals surface area contributed by atoms with E-state index in [0.717, 1.165) is 30.8 Å². The topological polar surface area (TPSA) is 73.0 Å². The van der Waals surface area contributed by atoms with Crippen molar-refractivity contribution in [3.8, 4) is 6.07 Å². The first kappa shape index (κ1) is 18.7. The summed E-state index contributed by atoms with van der Waals surface area (Å²) >= 11 is 0. The molecule has 1 aliphatic heterocycles. The highest BCUT2D eigenvalue weighted by molar-refractivity contribution is 5.53. The molecule has 5 nitrogen and oxygen atoms in total. The van der Waals surface area contributed by atoms with E-state index in [2.05, 4.69) is 16.0 Å². The molecule has 28 heavy (non-hydrogen) atoms. The van der Waals surface area contributed by atoms with Crippen LogP contribution in [0, 0.1) is 11.3 Å². The van der Waals surface area contributed by atoms with Gasteiger partial charge in [0.25, 0.3) is 0 Å². The van der Waals surface area contributed by atoms with Gasteiger partial charge in [0.1, 0.15) is 23.3 Å². The molecule has 146 valence electrons. The van der Waals surface area contributed by atoms with Crippen LogP contribution in [0.4, 0.5) is 19.0 Å². The fraction of sp³-hybridized carbons (Fsp3) is 0.450. The summed E-state index contributed by atoms with van der Waals surface area (Å²) in [5.41, 5.74) is -1.47. The van der Waals surface area contributed by atoms with Gasteiger partial charge in [-0.3, -0.25) is 0 Å². The molecule has 8 heteroatoms. The number of hydrogen-bond donors (Lipinski definition) is 1. The molecule has 4 rings (SSSR count). The Morgan fingerprint density at radius 1 is 1.21 bits per heavy atom. The third kappa shape index (κ3) is 3.54. The van der Waals surface area contributed by atoms with Crippen molar-refractivity contribution in [2.45, 2.75) is 43.4 Å². The Morgan fingerprint density at radius 3 is 2.54 bits per heavy atom. The van der Waals surface area contributed by atoms with E-state index in [1.54, 1.807) is 0 Å². The molecule has 2 fully saturated rings. The standard InChI is InChI=1S/C20H19F3N4O/c21-20(22,23)16-3-1-2-15(10-16)19(28)6-8-27(9-7-19)18-14(11-24)12-25-17(26-18)13-4-5-13/h1-3,10,12-13,28H,4-9H2. The second-order valence-electron chi connectivity index (χ2n) is 7.45. The van der Waals surface area contributed by atoms with Crippen LogP contribution in [0.3, 0.4) is 0 Å². The Bertz CT molecular complexity index is 926. The number of nitrogens with zero attached hydrogens (tertiary/aromatic N) is 4. The number of alkyl halides is 3. The van der Waals surface area contributed by atoms with Crippen LogP contribution in [0.5, 0.6) is 0 Å². The smallest absolute Gasteiger partial charge is 0.385 e. The van der Waals surface area contributed by atoms with Gasteiger partial charge in [0.05, 0.1) is 17.4 Å². The second-order valence-corrected chi connectivity index (χ2v) is 7.45. The van der Waals surface area contributed by atoms with E-state index in [1.165, 1.54) is 18.3 Å². The van der Waals surface area contributed by atoms with Crippen molar-refractivity contribution < 1.29 is 18.3 Å². The number of benzene rings is 1. The second kappa shape index (κ2) is 6.74. The van der Waals surface area contributed by atoms with Gasteiger partial charge in [-0.25, -0.2) is 9.97 Å². The summed E-state index contributed by atoms with van der Waals surface area (Å²) < 4.78 is 39.0. The Balaban J connectivity index is 1.55. The highest BCUT2D eigenvalue weighted by Crippen LogP contribution is 2.40. The zero-order chi connectivity index (χ0) is 19.9. The summed E-state index contributed by atoms with van der Waals surface area (Å²) in [7, 11) is 0.